The molecule has 0 aliphatic rings. The van der Waals surface area contributed by atoms with E-state index in [9.17, 15) is 14.6 Å². The van der Waals surface area contributed by atoms with Crippen molar-refractivity contribution in [2.24, 2.45) is 5.92 Å². The van der Waals surface area contributed by atoms with Crippen LogP contribution in [0.15, 0.2) is 0 Å². The van der Waals surface area contributed by atoms with Gasteiger partial charge in [0.1, 0.15) is 6.16 Å². The summed E-state index contributed by atoms with van der Waals surface area (Å²) in [5, 5.41) is 15.7. The maximum Gasteiger partial charge on any atom is 0.314 e. The van der Waals surface area contributed by atoms with Gasteiger partial charge in [0, 0.05) is 6.92 Å². The molecule has 5 nitrogen and oxygen atoms in total. The van der Waals surface area contributed by atoms with Crippen LogP contribution in [0, 0.1) is 11.3 Å². The van der Waals surface area contributed by atoms with Crippen LogP contribution in [0.3, 0.4) is 0 Å². The number of hydrogen-bond acceptors (Lipinski definition) is 4. The fourth-order valence-electron chi connectivity index (χ4n) is 0.826. The average Bonchev–Trinajstić information content (AvgIpc) is 1.99. The van der Waals surface area contributed by atoms with Gasteiger partial charge in [-0.3, -0.25) is 10.2 Å². The lowest BCUT2D eigenvalue weighted by Gasteiger charge is -2.14. The van der Waals surface area contributed by atoms with Crippen LogP contribution in [-0.4, -0.2) is 32.5 Å². The summed E-state index contributed by atoms with van der Waals surface area (Å²) in [6.07, 6.45) is 0.111. The number of carboxylic acids is 1. The minimum absolute atomic E-state index is 0.228. The highest BCUT2D eigenvalue weighted by Crippen LogP contribution is 2.52. The first-order chi connectivity index (χ1) is 5.81. The number of nitrogens with one attached hydrogen (secondary N) is 1. The van der Waals surface area contributed by atoms with E-state index < -0.39 is 19.6 Å². The Morgan fingerprint density at radius 3 is 2.23 bits per heavy atom. The minimum atomic E-state index is -3.44. The van der Waals surface area contributed by atoms with Crippen molar-refractivity contribution in [2.75, 3.05) is 6.16 Å². The molecule has 0 fully saturated rings. The van der Waals surface area contributed by atoms with E-state index in [2.05, 4.69) is 0 Å². The van der Waals surface area contributed by atoms with Crippen molar-refractivity contribution < 1.29 is 19.7 Å². The lowest BCUT2D eigenvalue weighted by molar-refractivity contribution is -0.141. The average molecular weight is 208 g/mol. The molecule has 0 spiro atoms. The van der Waals surface area contributed by atoms with E-state index in [0.717, 1.165) is 0 Å². The van der Waals surface area contributed by atoms with Crippen LogP contribution >= 0.6 is 7.72 Å². The van der Waals surface area contributed by atoms with Crippen molar-refractivity contribution in [1.29, 1.82) is 5.41 Å². The molecular formula is C7H15NO4P+. The molecule has 0 aromatic rings. The molecule has 1 unspecified atom stereocenters. The van der Waals surface area contributed by atoms with Crippen LogP contribution in [-0.2, 0) is 4.79 Å². The zero-order valence-corrected chi connectivity index (χ0v) is 8.58. The number of aliphatic carboxylic acids is 1. The van der Waals surface area contributed by atoms with E-state index >= 15 is 0 Å². The molecule has 0 saturated heterocycles. The normalized spacial score (nSPS) is 13.8. The number of rotatable bonds is 5. The molecule has 0 aliphatic heterocycles. The van der Waals surface area contributed by atoms with Crippen LogP contribution in [0.4, 0.5) is 0 Å². The van der Waals surface area contributed by atoms with Gasteiger partial charge < -0.3 is 5.11 Å². The molecule has 0 saturated carbocycles. The second-order valence-corrected chi connectivity index (χ2v) is 5.44. The zero-order chi connectivity index (χ0) is 10.6. The van der Waals surface area contributed by atoms with Crippen molar-refractivity contribution in [1.82, 2.24) is 0 Å². The summed E-state index contributed by atoms with van der Waals surface area (Å²) < 4.78 is 0. The van der Waals surface area contributed by atoms with Crippen molar-refractivity contribution in [3.8, 4) is 0 Å². The summed E-state index contributed by atoms with van der Waals surface area (Å²) in [6.45, 7) is 2.94. The molecule has 0 radical (unpaired) electrons. The maximum atomic E-state index is 10.6. The summed E-state index contributed by atoms with van der Waals surface area (Å²) in [5.74, 6) is -1.82. The highest BCUT2D eigenvalue weighted by Gasteiger charge is 2.41. The van der Waals surface area contributed by atoms with Gasteiger partial charge in [-0.2, -0.15) is 0 Å². The first kappa shape index (κ1) is 12.5. The summed E-state index contributed by atoms with van der Waals surface area (Å²) >= 11 is 0. The van der Waals surface area contributed by atoms with E-state index in [1.165, 1.54) is 6.92 Å². The van der Waals surface area contributed by atoms with Gasteiger partial charge in [0.25, 0.3) is 0 Å². The second-order valence-electron chi connectivity index (χ2n) is 2.94. The van der Waals surface area contributed by atoms with Crippen LogP contribution in [0.25, 0.3) is 0 Å². The van der Waals surface area contributed by atoms with E-state index in [1.54, 1.807) is 6.92 Å². The zero-order valence-electron chi connectivity index (χ0n) is 7.69. The molecule has 6 heteroatoms. The first-order valence-corrected chi connectivity index (χ1v) is 5.81. The lowest BCUT2D eigenvalue weighted by Crippen LogP contribution is -2.21. The summed E-state index contributed by atoms with van der Waals surface area (Å²) in [6, 6.07) is 0. The van der Waals surface area contributed by atoms with Crippen LogP contribution < -0.4 is 0 Å². The molecule has 0 amide bonds. The SMILES string of the molecule is CCC(C[P+](O)(O)C(C)=N)C(=O)O. The Labute approximate surface area is 77.4 Å². The molecule has 0 heterocycles. The van der Waals surface area contributed by atoms with Gasteiger partial charge in [0.2, 0.25) is 5.45 Å². The molecular weight excluding hydrogens is 193 g/mol. The van der Waals surface area contributed by atoms with E-state index in [4.69, 9.17) is 10.5 Å². The van der Waals surface area contributed by atoms with E-state index in [0.29, 0.717) is 6.42 Å². The van der Waals surface area contributed by atoms with Crippen LogP contribution in [0.2, 0.25) is 0 Å². The van der Waals surface area contributed by atoms with Gasteiger partial charge in [-0.15, -0.1) is 0 Å². The summed E-state index contributed by atoms with van der Waals surface area (Å²) in [5.41, 5.74) is -0.229. The topological polar surface area (TPSA) is 102 Å². The summed E-state index contributed by atoms with van der Waals surface area (Å²) in [7, 11) is -3.44. The Balaban J connectivity index is 4.39. The second kappa shape index (κ2) is 4.65. The van der Waals surface area contributed by atoms with Gasteiger partial charge >= 0.3 is 13.7 Å². The van der Waals surface area contributed by atoms with Gasteiger partial charge in [-0.05, 0) is 6.42 Å². The van der Waals surface area contributed by atoms with E-state index in [1.807, 2.05) is 0 Å². The lowest BCUT2D eigenvalue weighted by atomic mass is 10.1. The predicted molar refractivity (Wildman–Crippen MR) is 51.0 cm³/mol. The Morgan fingerprint density at radius 1 is 1.54 bits per heavy atom. The monoisotopic (exact) mass is 208 g/mol. The number of hydrogen-bond donors (Lipinski definition) is 4. The van der Waals surface area contributed by atoms with Gasteiger partial charge in [-0.1, -0.05) is 6.92 Å². The molecule has 13 heavy (non-hydrogen) atoms. The Kier molecular flexibility index (Phi) is 4.47. The van der Waals surface area contributed by atoms with Gasteiger partial charge in [0.15, 0.2) is 0 Å². The quantitative estimate of drug-likeness (QED) is 0.398. The number of carbonyl (C=O) groups is 1. The number of carboxylic acid groups (broad SMARTS) is 1. The van der Waals surface area contributed by atoms with Crippen molar-refractivity contribution >= 4 is 19.1 Å². The predicted octanol–water partition coefficient (Wildman–Crippen LogP) is 0.927. The highest BCUT2D eigenvalue weighted by molar-refractivity contribution is 7.81. The Morgan fingerprint density at radius 2 is 2.00 bits per heavy atom. The third kappa shape index (κ3) is 3.81. The minimum Gasteiger partial charge on any atom is -0.481 e. The molecule has 1 atom stereocenters. The molecule has 0 aromatic carbocycles. The largest absolute Gasteiger partial charge is 0.481 e. The fraction of sp³-hybridized carbons (Fsp3) is 0.714. The van der Waals surface area contributed by atoms with Crippen molar-refractivity contribution in [3.63, 3.8) is 0 Å². The van der Waals surface area contributed by atoms with Crippen LogP contribution in [0.1, 0.15) is 20.3 Å². The third-order valence-corrected chi connectivity index (χ3v) is 3.88. The van der Waals surface area contributed by atoms with E-state index in [-0.39, 0.29) is 11.6 Å². The Hall–Kier alpha value is -0.510. The van der Waals surface area contributed by atoms with Crippen molar-refractivity contribution in [2.45, 2.75) is 20.3 Å². The third-order valence-electron chi connectivity index (χ3n) is 1.85. The molecule has 76 valence electrons. The molecule has 4 N–H and O–H groups in total. The molecule has 0 aromatic heterocycles. The Bertz CT molecular complexity index is 217. The first-order valence-electron chi connectivity index (χ1n) is 3.93. The molecule has 0 aliphatic carbocycles. The molecule has 0 rings (SSSR count). The summed E-state index contributed by atoms with van der Waals surface area (Å²) in [4.78, 5) is 29.2. The van der Waals surface area contributed by atoms with Gasteiger partial charge in [-0.25, -0.2) is 9.79 Å². The standard InChI is InChI=1S/C7H14NO4P/c1-3-6(7(9)10)4-13(11,12)5(2)8/h6,8,11-12H,3-4H2,1-2H3/p+1. The van der Waals surface area contributed by atoms with Gasteiger partial charge in [0.05, 0.1) is 5.92 Å². The fourth-order valence-corrected chi connectivity index (χ4v) is 2.13. The maximum absolute atomic E-state index is 10.6. The smallest absolute Gasteiger partial charge is 0.314 e. The van der Waals surface area contributed by atoms with Crippen LogP contribution in [0.5, 0.6) is 0 Å². The highest BCUT2D eigenvalue weighted by atomic mass is 31.2. The van der Waals surface area contributed by atoms with Crippen molar-refractivity contribution in [3.05, 3.63) is 0 Å². The molecule has 0 bridgehead atoms.